The highest BCUT2D eigenvalue weighted by atomic mass is 35.5. The molecule has 0 aliphatic heterocycles. The lowest BCUT2D eigenvalue weighted by atomic mass is 9.95. The molecule has 0 fully saturated rings. The Morgan fingerprint density at radius 3 is 2.65 bits per heavy atom. The van der Waals surface area contributed by atoms with Crippen LogP contribution in [0.15, 0.2) is 18.2 Å². The number of ether oxygens (including phenoxy) is 1. The minimum absolute atomic E-state index is 0.0230. The van der Waals surface area contributed by atoms with Gasteiger partial charge in [-0.3, -0.25) is 14.9 Å². The molecule has 1 amide bonds. The second-order valence-electron chi connectivity index (χ2n) is 4.78. The molecule has 0 bridgehead atoms. The van der Waals surface area contributed by atoms with Crippen LogP contribution < -0.4 is 16.2 Å². The number of hydrogen-bond acceptors (Lipinski definition) is 5. The zero-order valence-electron chi connectivity index (χ0n) is 11.1. The van der Waals surface area contributed by atoms with Gasteiger partial charge in [-0.2, -0.15) is 0 Å². The molecule has 0 aliphatic carbocycles. The van der Waals surface area contributed by atoms with Crippen LogP contribution in [0.1, 0.15) is 20.3 Å². The summed E-state index contributed by atoms with van der Waals surface area (Å²) < 4.78 is 5.52. The van der Waals surface area contributed by atoms with Crippen LogP contribution in [-0.4, -0.2) is 22.5 Å². The van der Waals surface area contributed by atoms with E-state index in [-0.39, 0.29) is 17.1 Å². The van der Waals surface area contributed by atoms with Crippen LogP contribution >= 0.6 is 11.6 Å². The normalized spacial score (nSPS) is 15.2. The molecule has 0 aliphatic rings. The zero-order valence-corrected chi connectivity index (χ0v) is 11.9. The Hall–Kier alpha value is -1.86. The lowest BCUT2D eigenvalue weighted by Gasteiger charge is -2.25. The largest absolute Gasteiger partial charge is 0.491 e. The van der Waals surface area contributed by atoms with Gasteiger partial charge in [0.15, 0.2) is 0 Å². The molecule has 0 spiro atoms. The Morgan fingerprint density at radius 1 is 1.60 bits per heavy atom. The van der Waals surface area contributed by atoms with Gasteiger partial charge in [-0.1, -0.05) is 11.6 Å². The molecule has 0 saturated carbocycles. The number of halogens is 1. The predicted molar refractivity (Wildman–Crippen MR) is 74.6 cm³/mol. The van der Waals surface area contributed by atoms with E-state index in [2.05, 4.69) is 0 Å². The highest BCUT2D eigenvalue weighted by Crippen LogP contribution is 2.29. The van der Waals surface area contributed by atoms with Crippen molar-refractivity contribution in [2.75, 3.05) is 0 Å². The quantitative estimate of drug-likeness (QED) is 0.610. The highest BCUT2D eigenvalue weighted by Gasteiger charge is 2.29. The second kappa shape index (κ2) is 6.06. The molecule has 1 aromatic carbocycles. The first-order valence-corrected chi connectivity index (χ1v) is 6.20. The third-order valence-corrected chi connectivity index (χ3v) is 3.03. The van der Waals surface area contributed by atoms with Crippen molar-refractivity contribution in [2.24, 2.45) is 11.5 Å². The summed E-state index contributed by atoms with van der Waals surface area (Å²) in [6, 6.07) is 4.02. The van der Waals surface area contributed by atoms with E-state index in [4.69, 9.17) is 27.8 Å². The predicted octanol–water partition coefficient (Wildman–Crippen LogP) is 1.61. The van der Waals surface area contributed by atoms with Crippen molar-refractivity contribution < 1.29 is 14.5 Å². The molecule has 20 heavy (non-hydrogen) atoms. The Bertz CT molecular complexity index is 533. The molecule has 0 aromatic heterocycles. The van der Waals surface area contributed by atoms with E-state index in [9.17, 15) is 14.9 Å². The van der Waals surface area contributed by atoms with Crippen LogP contribution in [-0.2, 0) is 4.79 Å². The number of carbonyl (C=O) groups excluding carboxylic acids is 1. The molecule has 4 N–H and O–H groups in total. The van der Waals surface area contributed by atoms with E-state index in [0.29, 0.717) is 5.75 Å². The van der Waals surface area contributed by atoms with E-state index in [1.807, 2.05) is 0 Å². The minimum atomic E-state index is -1.19. The Balaban J connectivity index is 2.77. The fraction of sp³-hybridized carbons (Fsp3) is 0.417. The molecule has 110 valence electrons. The maximum Gasteiger partial charge on any atom is 0.288 e. The van der Waals surface area contributed by atoms with Crippen LogP contribution in [0.4, 0.5) is 5.69 Å². The van der Waals surface area contributed by atoms with Crippen molar-refractivity contribution in [1.82, 2.24) is 0 Å². The number of rotatable bonds is 6. The lowest BCUT2D eigenvalue weighted by molar-refractivity contribution is -0.384. The topological polar surface area (TPSA) is 121 Å². The Morgan fingerprint density at radius 2 is 2.20 bits per heavy atom. The van der Waals surface area contributed by atoms with Crippen molar-refractivity contribution in [1.29, 1.82) is 0 Å². The second-order valence-corrected chi connectivity index (χ2v) is 5.19. The number of benzene rings is 1. The SMILES string of the molecule is CC(CC(C)(N)C(N)=O)Oc1ccc([N+](=O)[O-])c(Cl)c1. The Kier molecular flexibility index (Phi) is 4.91. The van der Waals surface area contributed by atoms with E-state index in [1.54, 1.807) is 6.92 Å². The molecule has 2 atom stereocenters. The van der Waals surface area contributed by atoms with Gasteiger partial charge in [0.1, 0.15) is 10.8 Å². The smallest absolute Gasteiger partial charge is 0.288 e. The fourth-order valence-corrected chi connectivity index (χ4v) is 1.92. The van der Waals surface area contributed by atoms with Gasteiger partial charge < -0.3 is 16.2 Å². The van der Waals surface area contributed by atoms with Crippen molar-refractivity contribution in [2.45, 2.75) is 31.9 Å². The lowest BCUT2D eigenvalue weighted by Crippen LogP contribution is -2.51. The number of primary amides is 1. The number of carbonyl (C=O) groups is 1. The molecule has 8 heteroatoms. The summed E-state index contributed by atoms with van der Waals surface area (Å²) in [5.74, 6) is -0.275. The van der Waals surface area contributed by atoms with E-state index in [0.717, 1.165) is 0 Å². The van der Waals surface area contributed by atoms with Gasteiger partial charge in [-0.15, -0.1) is 0 Å². The molecule has 0 radical (unpaired) electrons. The van der Waals surface area contributed by atoms with Gasteiger partial charge >= 0.3 is 0 Å². The van der Waals surface area contributed by atoms with Crippen molar-refractivity contribution in [3.63, 3.8) is 0 Å². The molecule has 1 aromatic rings. The van der Waals surface area contributed by atoms with Gasteiger partial charge in [0.2, 0.25) is 5.91 Å². The van der Waals surface area contributed by atoms with Crippen LogP contribution in [0.2, 0.25) is 5.02 Å². The number of nitro groups is 1. The molecular weight excluding hydrogens is 286 g/mol. The third kappa shape index (κ3) is 4.07. The van der Waals surface area contributed by atoms with Gasteiger partial charge in [0.25, 0.3) is 5.69 Å². The standard InChI is InChI=1S/C12H16ClN3O4/c1-7(6-12(2,15)11(14)17)20-8-3-4-10(16(18)19)9(13)5-8/h3-5,7H,6,15H2,1-2H3,(H2,14,17). The van der Waals surface area contributed by atoms with Crippen LogP contribution in [0.25, 0.3) is 0 Å². The third-order valence-electron chi connectivity index (χ3n) is 2.73. The average Bonchev–Trinajstić information content (AvgIpc) is 2.26. The number of amides is 1. The number of hydrogen-bond donors (Lipinski definition) is 2. The van der Waals surface area contributed by atoms with Crippen LogP contribution in [0, 0.1) is 10.1 Å². The van der Waals surface area contributed by atoms with E-state index < -0.39 is 22.5 Å². The summed E-state index contributed by atoms with van der Waals surface area (Å²) >= 11 is 5.77. The summed E-state index contributed by atoms with van der Waals surface area (Å²) in [6.07, 6.45) is -0.202. The summed E-state index contributed by atoms with van der Waals surface area (Å²) in [6.45, 7) is 3.22. The molecule has 7 nitrogen and oxygen atoms in total. The average molecular weight is 302 g/mol. The van der Waals surface area contributed by atoms with E-state index in [1.165, 1.54) is 25.1 Å². The monoisotopic (exact) mass is 301 g/mol. The summed E-state index contributed by atoms with van der Waals surface area (Å²) in [7, 11) is 0. The van der Waals surface area contributed by atoms with Gasteiger partial charge in [-0.25, -0.2) is 0 Å². The van der Waals surface area contributed by atoms with Crippen LogP contribution in [0.3, 0.4) is 0 Å². The number of nitro benzene ring substituents is 1. The van der Waals surface area contributed by atoms with Crippen molar-refractivity contribution >= 4 is 23.2 Å². The van der Waals surface area contributed by atoms with Crippen molar-refractivity contribution in [3.05, 3.63) is 33.3 Å². The number of nitrogens with two attached hydrogens (primary N) is 2. The zero-order chi connectivity index (χ0) is 15.5. The number of nitrogens with zero attached hydrogens (tertiary/aromatic N) is 1. The molecule has 2 unspecified atom stereocenters. The first-order valence-electron chi connectivity index (χ1n) is 5.83. The molecule has 1 rings (SSSR count). The van der Waals surface area contributed by atoms with E-state index >= 15 is 0 Å². The summed E-state index contributed by atoms with van der Waals surface area (Å²) in [4.78, 5) is 21.2. The van der Waals surface area contributed by atoms with Crippen molar-refractivity contribution in [3.8, 4) is 5.75 Å². The molecule has 0 heterocycles. The summed E-state index contributed by atoms with van der Waals surface area (Å²) in [5, 5.41) is 10.6. The Labute approximate surface area is 121 Å². The first-order chi connectivity index (χ1) is 9.13. The summed E-state index contributed by atoms with van der Waals surface area (Å²) in [5.41, 5.74) is 9.52. The van der Waals surface area contributed by atoms with Gasteiger partial charge in [0, 0.05) is 18.6 Å². The minimum Gasteiger partial charge on any atom is -0.491 e. The fourth-order valence-electron chi connectivity index (χ4n) is 1.68. The first kappa shape index (κ1) is 16.2. The molecular formula is C12H16ClN3O4. The van der Waals surface area contributed by atoms with Gasteiger partial charge in [0.05, 0.1) is 16.6 Å². The maximum atomic E-state index is 11.1. The van der Waals surface area contributed by atoms with Crippen LogP contribution in [0.5, 0.6) is 5.75 Å². The van der Waals surface area contributed by atoms with Gasteiger partial charge in [-0.05, 0) is 19.9 Å². The highest BCUT2D eigenvalue weighted by molar-refractivity contribution is 6.32. The molecule has 0 saturated heterocycles. The maximum absolute atomic E-state index is 11.1.